The van der Waals surface area contributed by atoms with Crippen LogP contribution < -0.4 is 5.32 Å². The average molecular weight is 467 g/mol. The van der Waals surface area contributed by atoms with E-state index in [0.29, 0.717) is 30.2 Å². The molecule has 180 valence electrons. The van der Waals surface area contributed by atoms with Crippen molar-refractivity contribution in [2.75, 3.05) is 6.54 Å². The number of aryl methyl sites for hydroxylation is 2. The van der Waals surface area contributed by atoms with E-state index >= 15 is 0 Å². The van der Waals surface area contributed by atoms with Crippen molar-refractivity contribution in [3.05, 3.63) is 59.4 Å². The van der Waals surface area contributed by atoms with Gasteiger partial charge in [0.15, 0.2) is 12.2 Å². The Labute approximate surface area is 198 Å². The maximum atomic E-state index is 13.4. The van der Waals surface area contributed by atoms with Crippen LogP contribution in [0.25, 0.3) is 11.3 Å². The average Bonchev–Trinajstić information content (AvgIpc) is 3.55. The van der Waals surface area contributed by atoms with E-state index in [1.807, 2.05) is 38.1 Å². The summed E-state index contributed by atoms with van der Waals surface area (Å²) >= 11 is 0. The van der Waals surface area contributed by atoms with Gasteiger partial charge in [0.1, 0.15) is 11.8 Å². The fourth-order valence-electron chi connectivity index (χ4n) is 4.39. The molecule has 2 amide bonds. The maximum Gasteiger partial charge on any atom is 0.243 e. The summed E-state index contributed by atoms with van der Waals surface area (Å²) in [7, 11) is 0. The highest BCUT2D eigenvalue weighted by atomic mass is 16.5. The Bertz CT molecular complexity index is 1140. The number of nitrogens with one attached hydrogen (secondary N) is 1. The largest absolute Gasteiger partial charge is 0.443 e. The van der Waals surface area contributed by atoms with Crippen molar-refractivity contribution in [2.45, 2.75) is 64.6 Å². The molecule has 1 fully saturated rings. The zero-order chi connectivity index (χ0) is 24.2. The number of amides is 2. The second-order valence-electron chi connectivity index (χ2n) is 8.79. The van der Waals surface area contributed by atoms with Crippen molar-refractivity contribution >= 4 is 11.8 Å². The number of rotatable bonds is 8. The summed E-state index contributed by atoms with van der Waals surface area (Å²) in [5.74, 6) is 0.171. The quantitative estimate of drug-likeness (QED) is 0.523. The molecule has 1 aliphatic rings. The summed E-state index contributed by atoms with van der Waals surface area (Å²) in [5.41, 5.74) is 3.33. The van der Waals surface area contributed by atoms with Crippen LogP contribution in [0.2, 0.25) is 0 Å². The lowest BCUT2D eigenvalue weighted by Crippen LogP contribution is -2.47. The van der Waals surface area contributed by atoms with Crippen molar-refractivity contribution in [3.63, 3.8) is 0 Å². The van der Waals surface area contributed by atoms with Gasteiger partial charge in [0, 0.05) is 31.1 Å². The van der Waals surface area contributed by atoms with Gasteiger partial charge in [-0.2, -0.15) is 0 Å². The minimum absolute atomic E-state index is 0.121. The Hall–Kier alpha value is -3.46. The molecule has 0 aliphatic carbocycles. The number of aliphatic hydroxyl groups excluding tert-OH is 1. The lowest BCUT2D eigenvalue weighted by atomic mass is 9.98. The van der Waals surface area contributed by atoms with Gasteiger partial charge in [-0.15, -0.1) is 0 Å². The summed E-state index contributed by atoms with van der Waals surface area (Å²) < 4.78 is 10.8. The number of aliphatic hydroxyl groups is 1. The number of benzene rings is 1. The second-order valence-corrected chi connectivity index (χ2v) is 8.79. The molecular formula is C25H30N4O5. The van der Waals surface area contributed by atoms with Crippen LogP contribution in [-0.4, -0.2) is 50.7 Å². The zero-order valence-corrected chi connectivity index (χ0v) is 19.7. The van der Waals surface area contributed by atoms with E-state index in [2.05, 4.69) is 15.5 Å². The molecule has 1 aliphatic heterocycles. The smallest absolute Gasteiger partial charge is 0.243 e. The number of carbonyl (C=O) groups is 2. The van der Waals surface area contributed by atoms with E-state index < -0.39 is 18.1 Å². The molecule has 0 radical (unpaired) electrons. The van der Waals surface area contributed by atoms with Crippen LogP contribution in [-0.2, 0) is 16.1 Å². The Balaban J connectivity index is 1.42. The first-order chi connectivity index (χ1) is 16.4. The van der Waals surface area contributed by atoms with Gasteiger partial charge >= 0.3 is 0 Å². The molecule has 4 rings (SSSR count). The molecule has 3 aromatic rings. The van der Waals surface area contributed by atoms with Crippen LogP contribution in [0.5, 0.6) is 0 Å². The number of β-amino-alcohol motifs (C(OH)–C–C–N with tert-alkyl or cyclic N) is 1. The molecule has 0 unspecified atom stereocenters. The molecule has 2 N–H and O–H groups in total. The SMILES string of the molecule is CCC[C@@H](C(=O)N1C[C@H](O)C[C@H]1C(=O)NCc1ccc(-c2ocnc2C)cc1)c1cc(C)no1. The fraction of sp³-hybridized carbons (Fsp3) is 0.440. The van der Waals surface area contributed by atoms with Gasteiger partial charge in [-0.1, -0.05) is 42.8 Å². The van der Waals surface area contributed by atoms with E-state index in [9.17, 15) is 14.7 Å². The summed E-state index contributed by atoms with van der Waals surface area (Å²) in [5, 5.41) is 17.1. The van der Waals surface area contributed by atoms with Crippen molar-refractivity contribution < 1.29 is 23.6 Å². The third kappa shape index (κ3) is 5.04. The van der Waals surface area contributed by atoms with Crippen LogP contribution in [0.4, 0.5) is 0 Å². The predicted molar refractivity (Wildman–Crippen MR) is 124 cm³/mol. The van der Waals surface area contributed by atoms with E-state index in [1.54, 1.807) is 13.0 Å². The summed E-state index contributed by atoms with van der Waals surface area (Å²) in [6, 6.07) is 8.67. The van der Waals surface area contributed by atoms with Gasteiger partial charge in [0.05, 0.1) is 23.4 Å². The van der Waals surface area contributed by atoms with Crippen molar-refractivity contribution in [3.8, 4) is 11.3 Å². The molecule has 3 atom stereocenters. The van der Waals surface area contributed by atoms with E-state index in [4.69, 9.17) is 8.94 Å². The number of hydrogen-bond acceptors (Lipinski definition) is 7. The number of aromatic nitrogens is 2. The Morgan fingerprint density at radius 2 is 2.03 bits per heavy atom. The second kappa shape index (κ2) is 10.2. The molecule has 1 saturated heterocycles. The molecule has 0 saturated carbocycles. The van der Waals surface area contributed by atoms with Crippen LogP contribution in [0.3, 0.4) is 0 Å². The first kappa shape index (κ1) is 23.7. The van der Waals surface area contributed by atoms with Crippen LogP contribution in [0, 0.1) is 13.8 Å². The molecule has 3 heterocycles. The standard InChI is InChI=1S/C25H30N4O5/c1-4-5-20(22-10-15(2)28-34-22)25(32)29-13-19(30)11-21(29)24(31)26-12-17-6-8-18(9-7-17)23-16(3)27-14-33-23/h6-10,14,19-21,30H,4-5,11-13H2,1-3H3,(H,26,31)/t19-,20-,21+/m1/s1. The minimum Gasteiger partial charge on any atom is -0.443 e. The fourth-order valence-corrected chi connectivity index (χ4v) is 4.39. The predicted octanol–water partition coefficient (Wildman–Crippen LogP) is 3.11. The molecule has 34 heavy (non-hydrogen) atoms. The number of oxazole rings is 1. The van der Waals surface area contributed by atoms with Crippen LogP contribution in [0.1, 0.15) is 54.8 Å². The summed E-state index contributed by atoms with van der Waals surface area (Å²) in [6.45, 7) is 6.10. The number of hydrogen-bond donors (Lipinski definition) is 2. The van der Waals surface area contributed by atoms with Crippen LogP contribution in [0.15, 0.2) is 45.7 Å². The molecule has 9 heteroatoms. The Morgan fingerprint density at radius 3 is 2.65 bits per heavy atom. The van der Waals surface area contributed by atoms with Gasteiger partial charge in [-0.25, -0.2) is 4.98 Å². The maximum absolute atomic E-state index is 13.4. The first-order valence-corrected chi connectivity index (χ1v) is 11.6. The van der Waals surface area contributed by atoms with E-state index in [0.717, 1.165) is 23.2 Å². The number of nitrogens with zero attached hydrogens (tertiary/aromatic N) is 3. The van der Waals surface area contributed by atoms with Gasteiger partial charge in [0.2, 0.25) is 11.8 Å². The molecular weight excluding hydrogens is 436 g/mol. The summed E-state index contributed by atoms with van der Waals surface area (Å²) in [4.78, 5) is 32.0. The number of likely N-dealkylation sites (tertiary alicyclic amines) is 1. The molecule has 0 bridgehead atoms. The molecule has 9 nitrogen and oxygen atoms in total. The summed E-state index contributed by atoms with van der Waals surface area (Å²) in [6.07, 6.45) is 2.22. The van der Waals surface area contributed by atoms with Gasteiger partial charge < -0.3 is 24.3 Å². The Morgan fingerprint density at radius 1 is 1.26 bits per heavy atom. The van der Waals surface area contributed by atoms with Crippen molar-refractivity contribution in [2.24, 2.45) is 0 Å². The van der Waals surface area contributed by atoms with Gasteiger partial charge in [-0.05, 0) is 25.8 Å². The Kier molecular flexibility index (Phi) is 7.12. The molecule has 0 spiro atoms. The highest BCUT2D eigenvalue weighted by Gasteiger charge is 2.42. The van der Waals surface area contributed by atoms with Crippen LogP contribution >= 0.6 is 0 Å². The van der Waals surface area contributed by atoms with Gasteiger partial charge in [0.25, 0.3) is 0 Å². The molecule has 2 aromatic heterocycles. The van der Waals surface area contributed by atoms with E-state index in [-0.39, 0.29) is 24.8 Å². The van der Waals surface area contributed by atoms with E-state index in [1.165, 1.54) is 11.3 Å². The van der Waals surface area contributed by atoms with Crippen molar-refractivity contribution in [1.29, 1.82) is 0 Å². The highest BCUT2D eigenvalue weighted by molar-refractivity contribution is 5.91. The normalized spacial score (nSPS) is 18.8. The highest BCUT2D eigenvalue weighted by Crippen LogP contribution is 2.29. The lowest BCUT2D eigenvalue weighted by Gasteiger charge is -2.27. The van der Waals surface area contributed by atoms with Crippen molar-refractivity contribution in [1.82, 2.24) is 20.4 Å². The number of carbonyl (C=O) groups excluding carboxylic acids is 2. The first-order valence-electron chi connectivity index (χ1n) is 11.6. The monoisotopic (exact) mass is 466 g/mol. The van der Waals surface area contributed by atoms with Gasteiger partial charge in [-0.3, -0.25) is 9.59 Å². The lowest BCUT2D eigenvalue weighted by molar-refractivity contribution is -0.140. The topological polar surface area (TPSA) is 122 Å². The zero-order valence-electron chi connectivity index (χ0n) is 19.7. The molecule has 1 aromatic carbocycles. The minimum atomic E-state index is -0.747. The third-order valence-corrected chi connectivity index (χ3v) is 6.16. The third-order valence-electron chi connectivity index (χ3n) is 6.16.